The van der Waals surface area contributed by atoms with Crippen LogP contribution in [0.4, 0.5) is 17.6 Å². The summed E-state index contributed by atoms with van der Waals surface area (Å²) in [5, 5.41) is 6.61. The number of benzene rings is 2. The van der Waals surface area contributed by atoms with E-state index in [-0.39, 0.29) is 41.3 Å². The summed E-state index contributed by atoms with van der Waals surface area (Å²) in [7, 11) is 0. The molecule has 1 N–H and O–H groups in total. The number of alkyl halides is 3. The van der Waals surface area contributed by atoms with Gasteiger partial charge in [-0.15, -0.1) is 0 Å². The number of halogens is 4. The molecule has 2 saturated carbocycles. The fourth-order valence-electron chi connectivity index (χ4n) is 8.17. The number of carbonyl (C=O) groups is 1. The van der Waals surface area contributed by atoms with Gasteiger partial charge in [-0.2, -0.15) is 13.2 Å². The van der Waals surface area contributed by atoms with E-state index in [9.17, 15) is 22.4 Å². The third-order valence-corrected chi connectivity index (χ3v) is 10.5. The molecule has 4 aliphatic rings. The highest BCUT2D eigenvalue weighted by Crippen LogP contribution is 2.60. The van der Waals surface area contributed by atoms with Gasteiger partial charge in [0.05, 0.1) is 11.0 Å². The van der Waals surface area contributed by atoms with Crippen LogP contribution >= 0.6 is 0 Å². The maximum absolute atomic E-state index is 14.0. The molecular weight excluding hydrogens is 546 g/mol. The van der Waals surface area contributed by atoms with Crippen molar-refractivity contribution < 1.29 is 22.4 Å². The number of azide groups is 1. The van der Waals surface area contributed by atoms with Crippen LogP contribution in [0, 0.1) is 29.0 Å². The second-order valence-electron chi connectivity index (χ2n) is 12.7. The monoisotopic (exact) mass is 581 g/mol. The van der Waals surface area contributed by atoms with E-state index in [1.807, 2.05) is 0 Å². The first-order valence-corrected chi connectivity index (χ1v) is 14.7. The molecule has 0 radical (unpaired) electrons. The third kappa shape index (κ3) is 5.09. The Kier molecular flexibility index (Phi) is 7.34. The Morgan fingerprint density at radius 2 is 2.02 bits per heavy atom. The van der Waals surface area contributed by atoms with Gasteiger partial charge in [0, 0.05) is 36.0 Å². The molecule has 0 bridgehead atoms. The summed E-state index contributed by atoms with van der Waals surface area (Å²) in [6, 6.07) is 11.2. The zero-order valence-corrected chi connectivity index (χ0v) is 23.6. The highest BCUT2D eigenvalue weighted by atomic mass is 19.4. The number of hydrogen-bond acceptors (Lipinski definition) is 3. The molecule has 1 amide bonds. The summed E-state index contributed by atoms with van der Waals surface area (Å²) in [6.07, 6.45) is 3.87. The van der Waals surface area contributed by atoms with E-state index in [0.29, 0.717) is 31.4 Å². The minimum absolute atomic E-state index is 0.0251. The van der Waals surface area contributed by atoms with Gasteiger partial charge in [0.15, 0.2) is 0 Å². The van der Waals surface area contributed by atoms with E-state index in [4.69, 9.17) is 5.53 Å². The van der Waals surface area contributed by atoms with E-state index >= 15 is 0 Å². The van der Waals surface area contributed by atoms with Crippen molar-refractivity contribution in [2.75, 3.05) is 19.6 Å². The number of amides is 1. The molecule has 1 saturated heterocycles. The summed E-state index contributed by atoms with van der Waals surface area (Å²) in [4.78, 5) is 19.3. The lowest BCUT2D eigenvalue weighted by atomic mass is 9.67. The zero-order chi connectivity index (χ0) is 29.7. The van der Waals surface area contributed by atoms with E-state index in [1.54, 1.807) is 0 Å². The first-order chi connectivity index (χ1) is 20.1. The Hall–Kier alpha value is -3.36. The number of likely N-dealkylation sites (tertiary alicyclic amines) is 1. The van der Waals surface area contributed by atoms with Crippen molar-refractivity contribution in [3.8, 4) is 0 Å². The number of nitrogens with one attached hydrogen (secondary N) is 1. The molecule has 0 aromatic heterocycles. The number of fused-ring (bicyclic) bond motifs is 2. The van der Waals surface area contributed by atoms with Crippen molar-refractivity contribution in [2.24, 2.45) is 28.3 Å². The summed E-state index contributed by atoms with van der Waals surface area (Å²) in [5.74, 6) is -0.641. The Morgan fingerprint density at radius 1 is 1.21 bits per heavy atom. The number of rotatable bonds is 7. The maximum atomic E-state index is 14.0. The van der Waals surface area contributed by atoms with Crippen LogP contribution in [0.1, 0.15) is 61.3 Å². The number of carbonyl (C=O) groups excluding carboxylic acids is 1. The van der Waals surface area contributed by atoms with Crippen LogP contribution in [-0.2, 0) is 22.9 Å². The molecule has 6 rings (SSSR count). The fraction of sp³-hybridized carbons (Fsp3) is 0.531. The largest absolute Gasteiger partial charge is 0.416 e. The van der Waals surface area contributed by atoms with Crippen molar-refractivity contribution in [1.29, 1.82) is 0 Å². The number of hydrogen-bond donors (Lipinski definition) is 1. The molecule has 1 spiro atoms. The predicted molar refractivity (Wildman–Crippen MR) is 151 cm³/mol. The van der Waals surface area contributed by atoms with Crippen LogP contribution in [-0.4, -0.2) is 36.5 Å². The Bertz CT molecular complexity index is 1450. The molecule has 2 aromatic carbocycles. The number of allylic oxidation sites excluding steroid dienone is 1. The van der Waals surface area contributed by atoms with Crippen molar-refractivity contribution in [3.05, 3.63) is 87.1 Å². The van der Waals surface area contributed by atoms with Crippen molar-refractivity contribution in [3.63, 3.8) is 0 Å². The van der Waals surface area contributed by atoms with Crippen LogP contribution in [0.15, 0.2) is 53.7 Å². The average Bonchev–Trinajstić information content (AvgIpc) is 3.45. The van der Waals surface area contributed by atoms with Gasteiger partial charge in [-0.3, -0.25) is 9.69 Å². The minimum Gasteiger partial charge on any atom is -0.352 e. The summed E-state index contributed by atoms with van der Waals surface area (Å²) < 4.78 is 53.7. The maximum Gasteiger partial charge on any atom is 0.416 e. The molecule has 2 aromatic rings. The first-order valence-electron chi connectivity index (χ1n) is 14.7. The van der Waals surface area contributed by atoms with Gasteiger partial charge in [0.25, 0.3) is 0 Å². The van der Waals surface area contributed by atoms with Crippen LogP contribution < -0.4 is 5.32 Å². The molecular formula is C32H35F4N5O. The van der Waals surface area contributed by atoms with Crippen molar-refractivity contribution in [1.82, 2.24) is 10.2 Å². The lowest BCUT2D eigenvalue weighted by molar-refractivity contribution is -0.137. The van der Waals surface area contributed by atoms with E-state index in [0.717, 1.165) is 44.5 Å². The third-order valence-electron chi connectivity index (χ3n) is 10.5. The molecule has 6 nitrogen and oxygen atoms in total. The quantitative estimate of drug-likeness (QED) is 0.162. The molecule has 1 heterocycles. The Balaban J connectivity index is 1.18. The second kappa shape index (κ2) is 10.7. The Morgan fingerprint density at radius 3 is 2.79 bits per heavy atom. The summed E-state index contributed by atoms with van der Waals surface area (Å²) >= 11 is 0. The van der Waals surface area contributed by atoms with E-state index < -0.39 is 23.0 Å². The van der Waals surface area contributed by atoms with Crippen molar-refractivity contribution in [2.45, 2.75) is 63.2 Å². The smallest absolute Gasteiger partial charge is 0.352 e. The van der Waals surface area contributed by atoms with Gasteiger partial charge < -0.3 is 5.32 Å². The number of piperidine rings is 1. The van der Waals surface area contributed by atoms with Crippen LogP contribution in [0.2, 0.25) is 0 Å². The average molecular weight is 582 g/mol. The fourth-order valence-corrected chi connectivity index (χ4v) is 8.17. The molecule has 1 aliphatic heterocycles. The van der Waals surface area contributed by atoms with Gasteiger partial charge in [0.1, 0.15) is 5.82 Å². The summed E-state index contributed by atoms with van der Waals surface area (Å²) in [5.41, 5.74) is 9.83. The first kappa shape index (κ1) is 28.7. The lowest BCUT2D eigenvalue weighted by Gasteiger charge is -2.46. The number of nitrogens with zero attached hydrogens (tertiary/aromatic N) is 4. The molecule has 6 atom stereocenters. The molecule has 3 aliphatic carbocycles. The molecule has 42 heavy (non-hydrogen) atoms. The van der Waals surface area contributed by atoms with Crippen LogP contribution in [0.3, 0.4) is 0 Å². The second-order valence-corrected chi connectivity index (χ2v) is 12.7. The van der Waals surface area contributed by atoms with Gasteiger partial charge in [-0.1, -0.05) is 48.5 Å². The zero-order valence-electron chi connectivity index (χ0n) is 23.6. The standard InChI is InChI=1S/C32H35F4N5O/c1-20-19-41(11-10-30(20)8-6-22-4-2-3-5-27(22)30)26-7-9-31(16-26,28-14-23(28)18-39-40-37)29(42)38-17-21-12-24(32(34,35)36)15-25(33)13-21/h2-6,8,12-13,15,20,23,26,28H,7,9-11,14,16-19H2,1H3,(H,38,42)/t20-,23?,26?,28?,30-,31?/m0/s1. The SMILES string of the molecule is C[C@H]1CN(C2CCC(C(=O)NCc3cc(F)cc(C(F)(F)F)c3)(C3CC3CN=[N+]=[N-])C2)CC[C@@]12C=Cc1ccccc12. The summed E-state index contributed by atoms with van der Waals surface area (Å²) in [6.45, 7) is 4.28. The molecule has 222 valence electrons. The molecule has 3 fully saturated rings. The highest BCUT2D eigenvalue weighted by molar-refractivity contribution is 5.84. The van der Waals surface area contributed by atoms with Gasteiger partial charge in [0.2, 0.25) is 5.91 Å². The minimum atomic E-state index is -4.68. The Labute approximate surface area is 242 Å². The topological polar surface area (TPSA) is 81.1 Å². The molecule has 4 unspecified atom stereocenters. The van der Waals surface area contributed by atoms with Gasteiger partial charge in [-0.05, 0) is 96.8 Å². The van der Waals surface area contributed by atoms with E-state index in [1.165, 1.54) is 11.1 Å². The van der Waals surface area contributed by atoms with E-state index in [2.05, 4.69) is 63.6 Å². The van der Waals surface area contributed by atoms with Crippen molar-refractivity contribution >= 4 is 12.0 Å². The molecule has 10 heteroatoms. The normalized spacial score (nSPS) is 32.0. The lowest BCUT2D eigenvalue weighted by Crippen LogP contribution is -2.51. The van der Waals surface area contributed by atoms with Crippen LogP contribution in [0.25, 0.3) is 16.5 Å². The van der Waals surface area contributed by atoms with Crippen LogP contribution in [0.5, 0.6) is 0 Å². The van der Waals surface area contributed by atoms with Gasteiger partial charge >= 0.3 is 6.18 Å². The highest BCUT2D eigenvalue weighted by Gasteiger charge is 2.60. The predicted octanol–water partition coefficient (Wildman–Crippen LogP) is 7.25. The van der Waals surface area contributed by atoms with Gasteiger partial charge in [-0.25, -0.2) is 4.39 Å².